The highest BCUT2D eigenvalue weighted by Crippen LogP contribution is 2.25. The zero-order valence-electron chi connectivity index (χ0n) is 11.4. The minimum absolute atomic E-state index is 0.461. The number of ether oxygens (including phenoxy) is 1. The van der Waals surface area contributed by atoms with Gasteiger partial charge in [-0.2, -0.15) is 0 Å². The summed E-state index contributed by atoms with van der Waals surface area (Å²) in [5.74, 6) is 0. The third-order valence-corrected chi connectivity index (χ3v) is 2.58. The van der Waals surface area contributed by atoms with Crippen molar-refractivity contribution in [2.24, 2.45) is 0 Å². The van der Waals surface area contributed by atoms with Gasteiger partial charge in [0.2, 0.25) is 0 Å². The first-order valence-corrected chi connectivity index (χ1v) is 6.12. The van der Waals surface area contributed by atoms with Crippen molar-refractivity contribution in [2.75, 3.05) is 5.32 Å². The van der Waals surface area contributed by atoms with Crippen LogP contribution < -0.4 is 5.32 Å². The van der Waals surface area contributed by atoms with Crippen LogP contribution in [0.1, 0.15) is 26.3 Å². The van der Waals surface area contributed by atoms with E-state index in [0.717, 1.165) is 16.5 Å². The number of aromatic nitrogens is 1. The van der Waals surface area contributed by atoms with E-state index in [1.807, 2.05) is 39.0 Å². The fourth-order valence-electron chi connectivity index (χ4n) is 1.78. The molecular weight excluding hydrogens is 240 g/mol. The van der Waals surface area contributed by atoms with Crippen LogP contribution in [-0.2, 0) is 4.74 Å². The number of carbonyl (C=O) groups is 1. The summed E-state index contributed by atoms with van der Waals surface area (Å²) in [7, 11) is 0. The first kappa shape index (κ1) is 13.2. The molecule has 0 fully saturated rings. The minimum Gasteiger partial charge on any atom is -0.444 e. The van der Waals surface area contributed by atoms with Gasteiger partial charge in [-0.1, -0.05) is 18.7 Å². The van der Waals surface area contributed by atoms with Crippen molar-refractivity contribution >= 4 is 28.8 Å². The number of aromatic amines is 1. The van der Waals surface area contributed by atoms with Crippen LogP contribution in [-0.4, -0.2) is 16.7 Å². The third-order valence-electron chi connectivity index (χ3n) is 2.58. The lowest BCUT2D eigenvalue weighted by atomic mass is 10.1. The number of fused-ring (bicyclic) bond motifs is 1. The second-order valence-corrected chi connectivity index (χ2v) is 5.34. The number of amides is 1. The summed E-state index contributed by atoms with van der Waals surface area (Å²) in [5, 5.41) is 3.68. The predicted molar refractivity (Wildman–Crippen MR) is 78.2 cm³/mol. The molecule has 100 valence electrons. The molecule has 1 amide bonds. The molecule has 2 rings (SSSR count). The van der Waals surface area contributed by atoms with Crippen LogP contribution in [0.2, 0.25) is 0 Å². The van der Waals surface area contributed by atoms with Gasteiger partial charge in [-0.05, 0) is 38.5 Å². The Kier molecular flexibility index (Phi) is 3.34. The largest absolute Gasteiger partial charge is 0.444 e. The van der Waals surface area contributed by atoms with Crippen LogP contribution in [0.15, 0.2) is 31.0 Å². The predicted octanol–water partition coefficient (Wildman–Crippen LogP) is 4.16. The highest BCUT2D eigenvalue weighted by molar-refractivity contribution is 6.00. The number of H-pyrrole nitrogens is 1. The van der Waals surface area contributed by atoms with Gasteiger partial charge in [-0.25, -0.2) is 4.79 Å². The van der Waals surface area contributed by atoms with Gasteiger partial charge in [0.05, 0.1) is 5.69 Å². The van der Waals surface area contributed by atoms with Crippen LogP contribution in [0.25, 0.3) is 17.0 Å². The molecule has 0 spiro atoms. The second-order valence-electron chi connectivity index (χ2n) is 5.34. The lowest BCUT2D eigenvalue weighted by Crippen LogP contribution is -2.27. The zero-order valence-corrected chi connectivity index (χ0v) is 11.4. The Morgan fingerprint density at radius 3 is 2.79 bits per heavy atom. The lowest BCUT2D eigenvalue weighted by Gasteiger charge is -2.19. The molecule has 0 aliphatic heterocycles. The summed E-state index contributed by atoms with van der Waals surface area (Å²) >= 11 is 0. The van der Waals surface area contributed by atoms with Gasteiger partial charge >= 0.3 is 6.09 Å². The molecule has 1 aromatic heterocycles. The Morgan fingerprint density at radius 1 is 1.42 bits per heavy atom. The average Bonchev–Trinajstić information content (AvgIpc) is 2.69. The summed E-state index contributed by atoms with van der Waals surface area (Å²) in [6.07, 6.45) is 3.06. The molecule has 0 aliphatic carbocycles. The highest BCUT2D eigenvalue weighted by Gasteiger charge is 2.17. The Hall–Kier alpha value is -2.23. The Bertz CT molecular complexity index is 621. The number of anilines is 1. The molecule has 0 aliphatic rings. The van der Waals surface area contributed by atoms with E-state index in [1.54, 1.807) is 12.3 Å². The van der Waals surface area contributed by atoms with Crippen molar-refractivity contribution in [3.05, 3.63) is 36.5 Å². The van der Waals surface area contributed by atoms with Gasteiger partial charge in [0.15, 0.2) is 0 Å². The summed E-state index contributed by atoms with van der Waals surface area (Å²) in [4.78, 5) is 14.9. The minimum atomic E-state index is -0.511. The number of nitrogens with one attached hydrogen (secondary N) is 2. The van der Waals surface area contributed by atoms with Gasteiger partial charge in [0.25, 0.3) is 0 Å². The van der Waals surface area contributed by atoms with Crippen molar-refractivity contribution in [2.45, 2.75) is 26.4 Å². The van der Waals surface area contributed by atoms with Crippen molar-refractivity contribution in [1.82, 2.24) is 4.98 Å². The SMILES string of the molecule is C=Cc1ccc2[nH]cc(NC(=O)OC(C)(C)C)c2c1. The normalized spacial score (nSPS) is 11.3. The first-order chi connectivity index (χ1) is 8.89. The van der Waals surface area contributed by atoms with E-state index >= 15 is 0 Å². The number of hydrogen-bond acceptors (Lipinski definition) is 2. The van der Waals surface area contributed by atoms with E-state index in [2.05, 4.69) is 16.9 Å². The standard InChI is InChI=1S/C15H18N2O2/c1-5-10-6-7-12-11(8-10)13(9-16-12)17-14(18)19-15(2,3)4/h5-9,16H,1H2,2-4H3,(H,17,18). The summed E-state index contributed by atoms with van der Waals surface area (Å²) in [5.41, 5.74) is 2.14. The van der Waals surface area contributed by atoms with Crippen LogP contribution in [0.5, 0.6) is 0 Å². The number of hydrogen-bond donors (Lipinski definition) is 2. The molecule has 0 atom stereocenters. The monoisotopic (exact) mass is 258 g/mol. The van der Waals surface area contributed by atoms with E-state index in [4.69, 9.17) is 4.74 Å². The second kappa shape index (κ2) is 4.80. The Labute approximate surface area is 112 Å². The third kappa shape index (κ3) is 3.16. The van der Waals surface area contributed by atoms with Crippen molar-refractivity contribution in [3.8, 4) is 0 Å². The molecule has 0 bridgehead atoms. The summed E-state index contributed by atoms with van der Waals surface area (Å²) in [6, 6.07) is 5.88. The van der Waals surface area contributed by atoms with Crippen molar-refractivity contribution in [1.29, 1.82) is 0 Å². The summed E-state index contributed by atoms with van der Waals surface area (Å²) < 4.78 is 5.23. The van der Waals surface area contributed by atoms with Crippen LogP contribution in [0.3, 0.4) is 0 Å². The quantitative estimate of drug-likeness (QED) is 0.849. The van der Waals surface area contributed by atoms with Gasteiger partial charge in [-0.15, -0.1) is 0 Å². The maximum atomic E-state index is 11.8. The van der Waals surface area contributed by atoms with E-state index in [-0.39, 0.29) is 0 Å². The van der Waals surface area contributed by atoms with Crippen LogP contribution >= 0.6 is 0 Å². The lowest BCUT2D eigenvalue weighted by molar-refractivity contribution is 0.0636. The fourth-order valence-corrected chi connectivity index (χ4v) is 1.78. The Balaban J connectivity index is 2.25. The summed E-state index contributed by atoms with van der Waals surface area (Å²) in [6.45, 7) is 9.23. The van der Waals surface area contributed by atoms with Gasteiger partial charge in [-0.3, -0.25) is 5.32 Å². The van der Waals surface area contributed by atoms with Gasteiger partial charge in [0, 0.05) is 17.1 Å². The number of rotatable bonds is 2. The fraction of sp³-hybridized carbons (Fsp3) is 0.267. The van der Waals surface area contributed by atoms with Gasteiger partial charge < -0.3 is 9.72 Å². The van der Waals surface area contributed by atoms with E-state index < -0.39 is 11.7 Å². The molecule has 19 heavy (non-hydrogen) atoms. The number of carbonyl (C=O) groups excluding carboxylic acids is 1. The molecule has 4 nitrogen and oxygen atoms in total. The maximum absolute atomic E-state index is 11.8. The molecule has 0 unspecified atom stereocenters. The molecule has 0 saturated heterocycles. The number of benzene rings is 1. The van der Waals surface area contributed by atoms with Crippen LogP contribution in [0, 0.1) is 0 Å². The van der Waals surface area contributed by atoms with E-state index in [1.165, 1.54) is 0 Å². The van der Waals surface area contributed by atoms with Crippen molar-refractivity contribution in [3.63, 3.8) is 0 Å². The average molecular weight is 258 g/mol. The zero-order chi connectivity index (χ0) is 14.0. The smallest absolute Gasteiger partial charge is 0.412 e. The van der Waals surface area contributed by atoms with E-state index in [9.17, 15) is 4.79 Å². The Morgan fingerprint density at radius 2 is 2.16 bits per heavy atom. The molecular formula is C15H18N2O2. The molecule has 4 heteroatoms. The molecule has 1 aromatic carbocycles. The topological polar surface area (TPSA) is 54.1 Å². The molecule has 1 heterocycles. The molecule has 2 N–H and O–H groups in total. The van der Waals surface area contributed by atoms with E-state index in [0.29, 0.717) is 5.69 Å². The maximum Gasteiger partial charge on any atom is 0.412 e. The highest BCUT2D eigenvalue weighted by atomic mass is 16.6. The van der Waals surface area contributed by atoms with Crippen molar-refractivity contribution < 1.29 is 9.53 Å². The first-order valence-electron chi connectivity index (χ1n) is 6.12. The van der Waals surface area contributed by atoms with Gasteiger partial charge in [0.1, 0.15) is 5.60 Å². The van der Waals surface area contributed by atoms with Crippen LogP contribution in [0.4, 0.5) is 10.5 Å². The molecule has 0 saturated carbocycles. The molecule has 2 aromatic rings. The molecule has 0 radical (unpaired) electrons.